The van der Waals surface area contributed by atoms with Crippen LogP contribution in [0.2, 0.25) is 0 Å². The summed E-state index contributed by atoms with van der Waals surface area (Å²) in [6.07, 6.45) is 2.74. The molecule has 2 unspecified atom stereocenters. The maximum atomic E-state index is 14.0. The average Bonchev–Trinajstić information content (AvgIpc) is 2.38. The van der Waals surface area contributed by atoms with E-state index in [4.69, 9.17) is 9.47 Å². The molecular formula is C14H19FO3. The fraction of sp³-hybridized carbons (Fsp3) is 0.571. The van der Waals surface area contributed by atoms with Gasteiger partial charge in [-0.3, -0.25) is 0 Å². The van der Waals surface area contributed by atoms with Crippen molar-refractivity contribution in [2.24, 2.45) is 0 Å². The quantitative estimate of drug-likeness (QED) is 0.901. The molecule has 1 aliphatic carbocycles. The minimum absolute atomic E-state index is 0.00903. The SMILES string of the molecule is COc1ccc(C2(O)CCCC(OC)C2)c(F)c1. The average molecular weight is 254 g/mol. The van der Waals surface area contributed by atoms with E-state index in [0.29, 0.717) is 24.2 Å². The molecule has 100 valence electrons. The molecule has 0 spiro atoms. The normalized spacial score (nSPS) is 28.1. The van der Waals surface area contributed by atoms with Gasteiger partial charge in [0.05, 0.1) is 18.8 Å². The second-order valence-corrected chi connectivity index (χ2v) is 4.83. The van der Waals surface area contributed by atoms with Gasteiger partial charge < -0.3 is 14.6 Å². The van der Waals surface area contributed by atoms with E-state index in [1.807, 2.05) is 0 Å². The van der Waals surface area contributed by atoms with Crippen LogP contribution in [-0.4, -0.2) is 25.4 Å². The van der Waals surface area contributed by atoms with Crippen molar-refractivity contribution in [3.8, 4) is 5.75 Å². The highest BCUT2D eigenvalue weighted by molar-refractivity contribution is 5.33. The molecule has 0 amide bonds. The fourth-order valence-electron chi connectivity index (χ4n) is 2.65. The van der Waals surface area contributed by atoms with Gasteiger partial charge >= 0.3 is 0 Å². The van der Waals surface area contributed by atoms with E-state index in [1.165, 1.54) is 13.2 Å². The lowest BCUT2D eigenvalue weighted by Crippen LogP contribution is -2.36. The molecule has 0 aromatic heterocycles. The molecular weight excluding hydrogens is 235 g/mol. The van der Waals surface area contributed by atoms with Crippen LogP contribution in [0.4, 0.5) is 4.39 Å². The van der Waals surface area contributed by atoms with E-state index in [-0.39, 0.29) is 6.10 Å². The number of methoxy groups -OCH3 is 2. The molecule has 0 bridgehead atoms. The third kappa shape index (κ3) is 2.49. The maximum Gasteiger partial charge on any atom is 0.132 e. The van der Waals surface area contributed by atoms with E-state index in [9.17, 15) is 9.50 Å². The second kappa shape index (κ2) is 5.24. The zero-order chi connectivity index (χ0) is 13.2. The first-order chi connectivity index (χ1) is 8.59. The van der Waals surface area contributed by atoms with Gasteiger partial charge in [0.25, 0.3) is 0 Å². The molecule has 0 heterocycles. The lowest BCUT2D eigenvalue weighted by Gasteiger charge is -2.36. The summed E-state index contributed by atoms with van der Waals surface area (Å²) in [5.41, 5.74) is -0.792. The molecule has 1 saturated carbocycles. The number of hydrogen-bond donors (Lipinski definition) is 1. The van der Waals surface area contributed by atoms with E-state index in [2.05, 4.69) is 0 Å². The van der Waals surface area contributed by atoms with Crippen LogP contribution in [-0.2, 0) is 10.3 Å². The Morgan fingerprint density at radius 1 is 1.39 bits per heavy atom. The summed E-state index contributed by atoms with van der Waals surface area (Å²) in [5, 5.41) is 10.6. The minimum atomic E-state index is -1.13. The smallest absolute Gasteiger partial charge is 0.132 e. The van der Waals surface area contributed by atoms with Crippen molar-refractivity contribution in [2.45, 2.75) is 37.4 Å². The highest BCUT2D eigenvalue weighted by Gasteiger charge is 2.38. The van der Waals surface area contributed by atoms with Crippen molar-refractivity contribution in [1.82, 2.24) is 0 Å². The summed E-state index contributed by atoms with van der Waals surface area (Å²) in [4.78, 5) is 0. The Morgan fingerprint density at radius 2 is 2.17 bits per heavy atom. The molecule has 0 saturated heterocycles. The summed E-state index contributed by atoms with van der Waals surface area (Å²) < 4.78 is 24.3. The van der Waals surface area contributed by atoms with Crippen molar-refractivity contribution in [3.05, 3.63) is 29.6 Å². The molecule has 2 atom stereocenters. The van der Waals surface area contributed by atoms with Crippen LogP contribution >= 0.6 is 0 Å². The molecule has 2 rings (SSSR count). The van der Waals surface area contributed by atoms with Crippen molar-refractivity contribution >= 4 is 0 Å². The summed E-state index contributed by atoms with van der Waals surface area (Å²) in [7, 11) is 3.12. The lowest BCUT2D eigenvalue weighted by atomic mass is 9.78. The topological polar surface area (TPSA) is 38.7 Å². The Hall–Kier alpha value is -1.13. The van der Waals surface area contributed by atoms with Gasteiger partial charge in [-0.15, -0.1) is 0 Å². The molecule has 1 aliphatic rings. The molecule has 3 nitrogen and oxygen atoms in total. The molecule has 4 heteroatoms. The van der Waals surface area contributed by atoms with Crippen LogP contribution in [0.15, 0.2) is 18.2 Å². The van der Waals surface area contributed by atoms with Crippen molar-refractivity contribution < 1.29 is 19.0 Å². The highest BCUT2D eigenvalue weighted by Crippen LogP contribution is 2.39. The Labute approximate surface area is 107 Å². The Morgan fingerprint density at radius 3 is 2.78 bits per heavy atom. The molecule has 0 radical (unpaired) electrons. The molecule has 1 fully saturated rings. The highest BCUT2D eigenvalue weighted by atomic mass is 19.1. The molecule has 0 aliphatic heterocycles. The number of hydrogen-bond acceptors (Lipinski definition) is 3. The zero-order valence-corrected chi connectivity index (χ0v) is 10.8. The van der Waals surface area contributed by atoms with Gasteiger partial charge in [0.2, 0.25) is 0 Å². The van der Waals surface area contributed by atoms with Crippen LogP contribution < -0.4 is 4.74 Å². The van der Waals surface area contributed by atoms with Gasteiger partial charge in [-0.2, -0.15) is 0 Å². The number of halogens is 1. The number of rotatable bonds is 3. The van der Waals surface area contributed by atoms with Gasteiger partial charge in [0, 0.05) is 25.2 Å². The third-order valence-corrected chi connectivity index (χ3v) is 3.69. The van der Waals surface area contributed by atoms with Crippen LogP contribution in [0.5, 0.6) is 5.75 Å². The Kier molecular flexibility index (Phi) is 3.88. The summed E-state index contributed by atoms with van der Waals surface area (Å²) in [6.45, 7) is 0. The van der Waals surface area contributed by atoms with Gasteiger partial charge in [0.15, 0.2) is 0 Å². The van der Waals surface area contributed by atoms with E-state index < -0.39 is 11.4 Å². The van der Waals surface area contributed by atoms with Crippen molar-refractivity contribution in [1.29, 1.82) is 0 Å². The van der Waals surface area contributed by atoms with Gasteiger partial charge in [0.1, 0.15) is 11.6 Å². The lowest BCUT2D eigenvalue weighted by molar-refractivity contribution is -0.0650. The summed E-state index contributed by atoms with van der Waals surface area (Å²) in [6, 6.07) is 4.59. The Balaban J connectivity index is 2.29. The molecule has 1 N–H and O–H groups in total. The molecule has 1 aromatic carbocycles. The van der Waals surface area contributed by atoms with Gasteiger partial charge in [-0.05, 0) is 31.4 Å². The van der Waals surface area contributed by atoms with E-state index in [0.717, 1.165) is 12.8 Å². The second-order valence-electron chi connectivity index (χ2n) is 4.83. The van der Waals surface area contributed by atoms with Crippen LogP contribution in [0.25, 0.3) is 0 Å². The first-order valence-corrected chi connectivity index (χ1v) is 6.18. The van der Waals surface area contributed by atoms with Crippen LogP contribution in [0, 0.1) is 5.82 Å². The zero-order valence-electron chi connectivity index (χ0n) is 10.8. The van der Waals surface area contributed by atoms with Gasteiger partial charge in [-0.1, -0.05) is 0 Å². The predicted molar refractivity (Wildman–Crippen MR) is 66.1 cm³/mol. The largest absolute Gasteiger partial charge is 0.497 e. The Bertz CT molecular complexity index is 422. The predicted octanol–water partition coefficient (Wildman–Crippen LogP) is 2.61. The van der Waals surface area contributed by atoms with E-state index >= 15 is 0 Å². The number of aliphatic hydroxyl groups is 1. The van der Waals surface area contributed by atoms with Crippen LogP contribution in [0.1, 0.15) is 31.2 Å². The number of ether oxygens (including phenoxy) is 2. The first-order valence-electron chi connectivity index (χ1n) is 6.18. The summed E-state index contributed by atoms with van der Waals surface area (Å²) in [5.74, 6) is 0.0348. The van der Waals surface area contributed by atoms with Crippen molar-refractivity contribution in [2.75, 3.05) is 14.2 Å². The van der Waals surface area contributed by atoms with Crippen LogP contribution in [0.3, 0.4) is 0 Å². The third-order valence-electron chi connectivity index (χ3n) is 3.69. The fourth-order valence-corrected chi connectivity index (χ4v) is 2.65. The number of benzene rings is 1. The molecule has 18 heavy (non-hydrogen) atoms. The maximum absolute atomic E-state index is 14.0. The standard InChI is InChI=1S/C14H19FO3/c1-17-10-5-6-12(13(15)8-10)14(16)7-3-4-11(9-14)18-2/h5-6,8,11,16H,3-4,7,9H2,1-2H3. The van der Waals surface area contributed by atoms with Crippen molar-refractivity contribution in [3.63, 3.8) is 0 Å². The minimum Gasteiger partial charge on any atom is -0.497 e. The molecule has 1 aromatic rings. The summed E-state index contributed by atoms with van der Waals surface area (Å²) >= 11 is 0. The van der Waals surface area contributed by atoms with E-state index in [1.54, 1.807) is 19.2 Å². The monoisotopic (exact) mass is 254 g/mol. The van der Waals surface area contributed by atoms with Gasteiger partial charge in [-0.25, -0.2) is 4.39 Å². The first kappa shape index (κ1) is 13.3.